The Hall–Kier alpha value is -3.22. The molecule has 2 aliphatic rings. The highest BCUT2D eigenvalue weighted by Crippen LogP contribution is 2.31. The quantitative estimate of drug-likeness (QED) is 0.485. The van der Waals surface area contributed by atoms with Crippen molar-refractivity contribution in [3.8, 4) is 11.3 Å². The number of H-pyrrole nitrogens is 2. The molecule has 4 heterocycles. The van der Waals surface area contributed by atoms with E-state index < -0.39 is 21.8 Å². The number of nitrogens with zero attached hydrogens (tertiary/aromatic N) is 4. The lowest BCUT2D eigenvalue weighted by Crippen LogP contribution is -2.46. The van der Waals surface area contributed by atoms with Crippen LogP contribution in [0.1, 0.15) is 29.4 Å². The first-order valence-corrected chi connectivity index (χ1v) is 12.8. The van der Waals surface area contributed by atoms with Gasteiger partial charge in [0.15, 0.2) is 0 Å². The Balaban J connectivity index is 1.55. The molecule has 5 rings (SSSR count). The van der Waals surface area contributed by atoms with Gasteiger partial charge in [0.25, 0.3) is 5.91 Å². The van der Waals surface area contributed by atoms with Gasteiger partial charge in [-0.3, -0.25) is 14.5 Å². The zero-order valence-corrected chi connectivity index (χ0v) is 19.4. The second-order valence-electron chi connectivity index (χ2n) is 8.53. The molecule has 3 N–H and O–H groups in total. The molecule has 12 heteroatoms. The molecule has 0 spiro atoms. The zero-order valence-electron chi connectivity index (χ0n) is 18.6. The number of carbonyl (C=O) groups is 1. The molecule has 1 atom stereocenters. The molecule has 0 saturated carbocycles. The number of piperidine rings is 1. The van der Waals surface area contributed by atoms with E-state index in [9.17, 15) is 18.0 Å². The number of amides is 1. The fourth-order valence-corrected chi connectivity index (χ4v) is 6.16. The van der Waals surface area contributed by atoms with Crippen molar-refractivity contribution in [3.63, 3.8) is 0 Å². The standard InChI is InChI=1S/C22H27N7O4S/c30-21(27-11-8-23-9-12-27)19-20(16-5-2-1-3-6-16)29(22(31)26-19)17-7-4-10-28(15-17)34(32,33)18-13-24-25-14-18/h1-3,5-6,13-14,17,23H,4,7-12,15H2,(H,24,25)(H,26,31). The van der Waals surface area contributed by atoms with Crippen LogP contribution in [0.5, 0.6) is 0 Å². The Bertz CT molecular complexity index is 1310. The maximum absolute atomic E-state index is 13.4. The summed E-state index contributed by atoms with van der Waals surface area (Å²) in [5, 5.41) is 9.53. The molecular formula is C22H27N7O4S. The maximum Gasteiger partial charge on any atom is 0.326 e. The minimum absolute atomic E-state index is 0.0902. The third-order valence-electron chi connectivity index (χ3n) is 6.43. The first-order valence-electron chi connectivity index (χ1n) is 11.4. The van der Waals surface area contributed by atoms with Gasteiger partial charge in [0.05, 0.1) is 17.9 Å². The number of hydrogen-bond acceptors (Lipinski definition) is 6. The van der Waals surface area contributed by atoms with Crippen molar-refractivity contribution in [2.75, 3.05) is 39.3 Å². The SMILES string of the molecule is O=C(c1[nH]c(=O)n(C2CCCN(S(=O)(=O)c3cn[nH]c3)C2)c1-c1ccccc1)N1CCNCC1. The van der Waals surface area contributed by atoms with Gasteiger partial charge >= 0.3 is 5.69 Å². The van der Waals surface area contributed by atoms with Crippen molar-refractivity contribution in [1.29, 1.82) is 0 Å². The summed E-state index contributed by atoms with van der Waals surface area (Å²) < 4.78 is 29.1. The number of hydrogen-bond donors (Lipinski definition) is 3. The first kappa shape index (κ1) is 22.6. The van der Waals surface area contributed by atoms with Gasteiger partial charge in [0.1, 0.15) is 10.6 Å². The molecular weight excluding hydrogens is 458 g/mol. The summed E-state index contributed by atoms with van der Waals surface area (Å²) in [6.45, 7) is 2.99. The maximum atomic E-state index is 13.4. The van der Waals surface area contributed by atoms with Crippen LogP contribution in [-0.4, -0.2) is 82.5 Å². The smallest absolute Gasteiger partial charge is 0.326 e. The van der Waals surface area contributed by atoms with Crippen molar-refractivity contribution in [2.24, 2.45) is 0 Å². The van der Waals surface area contributed by atoms with E-state index in [1.807, 2.05) is 30.3 Å². The summed E-state index contributed by atoms with van der Waals surface area (Å²) in [6.07, 6.45) is 3.84. The second-order valence-corrected chi connectivity index (χ2v) is 10.5. The van der Waals surface area contributed by atoms with Crippen LogP contribution in [0.4, 0.5) is 0 Å². The lowest BCUT2D eigenvalue weighted by molar-refractivity contribution is 0.0731. The number of aromatic nitrogens is 4. The Labute approximate surface area is 196 Å². The van der Waals surface area contributed by atoms with Crippen LogP contribution >= 0.6 is 0 Å². The lowest BCUT2D eigenvalue weighted by atomic mass is 10.0. The normalized spacial score (nSPS) is 19.9. The largest absolute Gasteiger partial charge is 0.335 e. The summed E-state index contributed by atoms with van der Waals surface area (Å²) in [5.74, 6) is -0.227. The van der Waals surface area contributed by atoms with Crippen molar-refractivity contribution in [2.45, 2.75) is 23.8 Å². The number of sulfonamides is 1. The predicted octanol–water partition coefficient (Wildman–Crippen LogP) is 0.638. The van der Waals surface area contributed by atoms with Gasteiger partial charge in [-0.25, -0.2) is 13.2 Å². The minimum atomic E-state index is -3.74. The molecule has 34 heavy (non-hydrogen) atoms. The van der Waals surface area contributed by atoms with Gasteiger partial charge < -0.3 is 15.2 Å². The molecule has 1 amide bonds. The molecule has 2 aliphatic heterocycles. The summed E-state index contributed by atoms with van der Waals surface area (Å²) in [5.41, 5.74) is 1.06. The van der Waals surface area contributed by atoms with Crippen LogP contribution in [-0.2, 0) is 10.0 Å². The number of benzene rings is 1. The van der Waals surface area contributed by atoms with E-state index in [4.69, 9.17) is 0 Å². The molecule has 3 aromatic rings. The number of nitrogens with one attached hydrogen (secondary N) is 3. The Kier molecular flexibility index (Phi) is 6.11. The van der Waals surface area contributed by atoms with Crippen LogP contribution < -0.4 is 11.0 Å². The number of rotatable bonds is 5. The van der Waals surface area contributed by atoms with Gasteiger partial charge in [-0.15, -0.1) is 0 Å². The van der Waals surface area contributed by atoms with Gasteiger partial charge in [-0.05, 0) is 12.8 Å². The molecule has 1 unspecified atom stereocenters. The van der Waals surface area contributed by atoms with E-state index >= 15 is 0 Å². The van der Waals surface area contributed by atoms with Crippen LogP contribution in [0.15, 0.2) is 52.4 Å². The van der Waals surface area contributed by atoms with Crippen LogP contribution in [0, 0.1) is 0 Å². The highest BCUT2D eigenvalue weighted by atomic mass is 32.2. The van der Waals surface area contributed by atoms with E-state index in [0.29, 0.717) is 51.3 Å². The first-order chi connectivity index (χ1) is 16.5. The van der Waals surface area contributed by atoms with E-state index in [1.165, 1.54) is 16.7 Å². The molecule has 1 aromatic carbocycles. The number of aromatic amines is 2. The Morgan fingerprint density at radius 3 is 2.56 bits per heavy atom. The molecule has 2 fully saturated rings. The van der Waals surface area contributed by atoms with Gasteiger partial charge in [0.2, 0.25) is 10.0 Å². The van der Waals surface area contributed by atoms with Crippen LogP contribution in [0.25, 0.3) is 11.3 Å². The molecule has 11 nitrogen and oxygen atoms in total. The molecule has 0 aliphatic carbocycles. The molecule has 0 radical (unpaired) electrons. The fourth-order valence-electron chi connectivity index (χ4n) is 4.74. The third kappa shape index (κ3) is 4.08. The van der Waals surface area contributed by atoms with Crippen LogP contribution in [0.3, 0.4) is 0 Å². The average Bonchev–Trinajstić information content (AvgIpc) is 3.54. The Morgan fingerprint density at radius 1 is 1.09 bits per heavy atom. The van der Waals surface area contributed by atoms with Crippen LogP contribution in [0.2, 0.25) is 0 Å². The summed E-state index contributed by atoms with van der Waals surface area (Å²) in [7, 11) is -3.74. The average molecular weight is 486 g/mol. The highest BCUT2D eigenvalue weighted by Gasteiger charge is 2.35. The number of imidazole rings is 1. The lowest BCUT2D eigenvalue weighted by Gasteiger charge is -2.33. The summed E-state index contributed by atoms with van der Waals surface area (Å²) >= 11 is 0. The van der Waals surface area contributed by atoms with E-state index in [0.717, 1.165) is 5.56 Å². The van der Waals surface area contributed by atoms with Gasteiger partial charge in [-0.1, -0.05) is 30.3 Å². The van der Waals surface area contributed by atoms with E-state index in [-0.39, 0.29) is 23.0 Å². The minimum Gasteiger partial charge on any atom is -0.335 e. The van der Waals surface area contributed by atoms with Gasteiger partial charge in [0, 0.05) is 51.0 Å². The molecule has 2 saturated heterocycles. The second kappa shape index (κ2) is 9.20. The van der Waals surface area contributed by atoms with Gasteiger partial charge in [-0.2, -0.15) is 9.40 Å². The van der Waals surface area contributed by atoms with E-state index in [2.05, 4.69) is 20.5 Å². The highest BCUT2D eigenvalue weighted by molar-refractivity contribution is 7.89. The van der Waals surface area contributed by atoms with E-state index in [1.54, 1.807) is 9.47 Å². The predicted molar refractivity (Wildman–Crippen MR) is 125 cm³/mol. The molecule has 180 valence electrons. The summed E-state index contributed by atoms with van der Waals surface area (Å²) in [4.78, 5) is 31.3. The fraction of sp³-hybridized carbons (Fsp3) is 0.409. The van der Waals surface area contributed by atoms with Crippen molar-refractivity contribution < 1.29 is 13.2 Å². The van der Waals surface area contributed by atoms with Crippen molar-refractivity contribution in [3.05, 3.63) is 58.9 Å². The topological polar surface area (TPSA) is 136 Å². The number of carbonyl (C=O) groups excluding carboxylic acids is 1. The van der Waals surface area contributed by atoms with Crippen molar-refractivity contribution in [1.82, 2.24) is 34.3 Å². The Morgan fingerprint density at radius 2 is 1.85 bits per heavy atom. The molecule has 2 aromatic heterocycles. The summed E-state index contributed by atoms with van der Waals surface area (Å²) in [6, 6.07) is 8.88. The monoisotopic (exact) mass is 485 g/mol. The number of piperazine rings is 1. The zero-order chi connectivity index (χ0) is 23.7. The molecule has 0 bridgehead atoms. The third-order valence-corrected chi connectivity index (χ3v) is 8.26. The van der Waals surface area contributed by atoms with Crippen molar-refractivity contribution >= 4 is 15.9 Å².